The van der Waals surface area contributed by atoms with Gasteiger partial charge in [0.05, 0.1) is 5.56 Å². The number of phenolic OH excluding ortho intramolecular Hbond substituents is 5. The van der Waals surface area contributed by atoms with E-state index in [2.05, 4.69) is 0 Å². The van der Waals surface area contributed by atoms with Gasteiger partial charge < -0.3 is 25.5 Å². The number of rotatable bonds is 1. The number of phenols is 5. The van der Waals surface area contributed by atoms with Crippen molar-refractivity contribution in [2.45, 2.75) is 0 Å². The molecule has 0 radical (unpaired) electrons. The zero-order valence-corrected chi connectivity index (χ0v) is 8.62. The van der Waals surface area contributed by atoms with Crippen LogP contribution in [0.2, 0.25) is 0 Å². The van der Waals surface area contributed by atoms with E-state index >= 15 is 0 Å². The molecular weight excluding hydrogens is 224 g/mol. The Morgan fingerprint density at radius 2 is 1.12 bits per heavy atom. The molecule has 5 heteroatoms. The normalized spacial score (nSPS) is 10.4. The Labute approximate surface area is 96.5 Å². The Bertz CT molecular complexity index is 554. The van der Waals surface area contributed by atoms with Gasteiger partial charge in [-0.25, -0.2) is 0 Å². The lowest BCUT2D eigenvalue weighted by atomic mass is 10.0. The summed E-state index contributed by atoms with van der Waals surface area (Å²) >= 11 is 0. The Hall–Kier alpha value is -2.56. The van der Waals surface area contributed by atoms with Gasteiger partial charge in [0.2, 0.25) is 0 Å². The van der Waals surface area contributed by atoms with Crippen molar-refractivity contribution >= 4 is 0 Å². The molecule has 0 aromatic heterocycles. The van der Waals surface area contributed by atoms with E-state index in [0.29, 0.717) is 0 Å². The van der Waals surface area contributed by atoms with E-state index in [0.717, 1.165) is 18.2 Å². The molecule has 0 spiro atoms. The van der Waals surface area contributed by atoms with Gasteiger partial charge >= 0.3 is 0 Å². The fraction of sp³-hybridized carbons (Fsp3) is 0. The molecule has 0 bridgehead atoms. The molecule has 2 rings (SSSR count). The van der Waals surface area contributed by atoms with Gasteiger partial charge in [-0.2, -0.15) is 0 Å². The van der Waals surface area contributed by atoms with Gasteiger partial charge in [-0.3, -0.25) is 0 Å². The lowest BCUT2D eigenvalue weighted by molar-refractivity contribution is 0.427. The van der Waals surface area contributed by atoms with Crippen molar-refractivity contribution in [2.24, 2.45) is 0 Å². The fourth-order valence-corrected chi connectivity index (χ4v) is 1.60. The second kappa shape index (κ2) is 3.79. The first kappa shape index (κ1) is 10.9. The summed E-state index contributed by atoms with van der Waals surface area (Å²) in [5.41, 5.74) is 0.137. The number of hydrogen-bond acceptors (Lipinski definition) is 5. The van der Waals surface area contributed by atoms with E-state index in [4.69, 9.17) is 10.2 Å². The standard InChI is InChI=1S/C12H10O5/c13-6-1-2-8(9(15)3-6)12-10(16)4-7(14)5-11(12)17/h1-5,13-17H. The highest BCUT2D eigenvalue weighted by atomic mass is 16.3. The molecule has 2 aromatic rings. The van der Waals surface area contributed by atoms with Crippen molar-refractivity contribution in [3.8, 4) is 39.9 Å². The van der Waals surface area contributed by atoms with Crippen LogP contribution in [-0.2, 0) is 0 Å². The highest BCUT2D eigenvalue weighted by Gasteiger charge is 2.15. The molecular formula is C12H10O5. The largest absolute Gasteiger partial charge is 0.508 e. The molecule has 88 valence electrons. The first-order chi connectivity index (χ1) is 7.99. The summed E-state index contributed by atoms with van der Waals surface area (Å²) in [6.07, 6.45) is 0. The molecule has 5 nitrogen and oxygen atoms in total. The molecule has 0 aliphatic rings. The first-order valence-electron chi connectivity index (χ1n) is 4.76. The van der Waals surface area contributed by atoms with Gasteiger partial charge in [0.1, 0.15) is 28.7 Å². The molecule has 0 aliphatic carbocycles. The Balaban J connectivity index is 2.68. The molecule has 0 amide bonds. The third-order valence-corrected chi connectivity index (χ3v) is 2.33. The van der Waals surface area contributed by atoms with Crippen molar-refractivity contribution < 1.29 is 25.5 Å². The maximum atomic E-state index is 9.63. The van der Waals surface area contributed by atoms with Crippen molar-refractivity contribution in [1.29, 1.82) is 0 Å². The second-order valence-electron chi connectivity index (χ2n) is 3.56. The van der Waals surface area contributed by atoms with Gasteiger partial charge in [-0.15, -0.1) is 0 Å². The third-order valence-electron chi connectivity index (χ3n) is 2.33. The van der Waals surface area contributed by atoms with Crippen LogP contribution in [0.1, 0.15) is 0 Å². The quantitative estimate of drug-likeness (QED) is 0.518. The second-order valence-corrected chi connectivity index (χ2v) is 3.56. The lowest BCUT2D eigenvalue weighted by Crippen LogP contribution is -1.82. The zero-order valence-electron chi connectivity index (χ0n) is 8.62. The van der Waals surface area contributed by atoms with E-state index < -0.39 is 0 Å². The van der Waals surface area contributed by atoms with Crippen LogP contribution in [0, 0.1) is 0 Å². The molecule has 5 N–H and O–H groups in total. The first-order valence-corrected chi connectivity index (χ1v) is 4.76. The molecule has 0 unspecified atom stereocenters. The summed E-state index contributed by atoms with van der Waals surface area (Å²) in [5, 5.41) is 47.2. The predicted molar refractivity (Wildman–Crippen MR) is 60.2 cm³/mol. The van der Waals surface area contributed by atoms with Gasteiger partial charge in [-0.1, -0.05) is 0 Å². The molecule has 0 atom stereocenters. The molecule has 0 heterocycles. The minimum absolute atomic E-state index is 0.0136. The molecule has 17 heavy (non-hydrogen) atoms. The van der Waals surface area contributed by atoms with Crippen LogP contribution in [0.3, 0.4) is 0 Å². The maximum Gasteiger partial charge on any atom is 0.130 e. The van der Waals surface area contributed by atoms with Crippen molar-refractivity contribution in [3.05, 3.63) is 30.3 Å². The van der Waals surface area contributed by atoms with Crippen LogP contribution in [0.25, 0.3) is 11.1 Å². The smallest absolute Gasteiger partial charge is 0.130 e. The Morgan fingerprint density at radius 1 is 0.588 bits per heavy atom. The minimum Gasteiger partial charge on any atom is -0.508 e. The number of hydrogen-bond donors (Lipinski definition) is 5. The van der Waals surface area contributed by atoms with Crippen molar-refractivity contribution in [2.75, 3.05) is 0 Å². The monoisotopic (exact) mass is 234 g/mol. The van der Waals surface area contributed by atoms with Crippen molar-refractivity contribution in [1.82, 2.24) is 0 Å². The average molecular weight is 234 g/mol. The number of benzene rings is 2. The van der Waals surface area contributed by atoms with E-state index in [-0.39, 0.29) is 39.9 Å². The van der Waals surface area contributed by atoms with Crippen LogP contribution < -0.4 is 0 Å². The highest BCUT2D eigenvalue weighted by molar-refractivity contribution is 5.81. The molecule has 2 aromatic carbocycles. The summed E-state index contributed by atoms with van der Waals surface area (Å²) in [7, 11) is 0. The minimum atomic E-state index is -0.372. The van der Waals surface area contributed by atoms with E-state index in [9.17, 15) is 15.3 Å². The summed E-state index contributed by atoms with van der Waals surface area (Å²) in [5.74, 6) is -1.46. The molecule has 0 fully saturated rings. The SMILES string of the molecule is Oc1ccc(-c2c(O)cc(O)cc2O)c(O)c1. The topological polar surface area (TPSA) is 101 Å². The summed E-state index contributed by atoms with van der Waals surface area (Å²) in [4.78, 5) is 0. The molecule has 0 aliphatic heterocycles. The molecule has 0 saturated heterocycles. The summed E-state index contributed by atoms with van der Waals surface area (Å²) < 4.78 is 0. The van der Waals surface area contributed by atoms with Crippen LogP contribution in [0.4, 0.5) is 0 Å². The van der Waals surface area contributed by atoms with Crippen LogP contribution in [0.5, 0.6) is 28.7 Å². The van der Waals surface area contributed by atoms with Gasteiger partial charge in [0, 0.05) is 23.8 Å². The zero-order chi connectivity index (χ0) is 12.6. The van der Waals surface area contributed by atoms with Gasteiger partial charge in [-0.05, 0) is 12.1 Å². The summed E-state index contributed by atoms with van der Waals surface area (Å²) in [6, 6.07) is 5.82. The number of aromatic hydroxyl groups is 5. The third kappa shape index (κ3) is 1.90. The van der Waals surface area contributed by atoms with E-state index in [1.54, 1.807) is 0 Å². The van der Waals surface area contributed by atoms with Crippen LogP contribution >= 0.6 is 0 Å². The lowest BCUT2D eigenvalue weighted by Gasteiger charge is -2.10. The molecule has 0 saturated carbocycles. The van der Waals surface area contributed by atoms with Gasteiger partial charge in [0.15, 0.2) is 0 Å². The predicted octanol–water partition coefficient (Wildman–Crippen LogP) is 1.88. The van der Waals surface area contributed by atoms with Crippen LogP contribution in [-0.4, -0.2) is 25.5 Å². The Morgan fingerprint density at radius 3 is 1.65 bits per heavy atom. The van der Waals surface area contributed by atoms with E-state index in [1.165, 1.54) is 12.1 Å². The average Bonchev–Trinajstić information content (AvgIpc) is 2.19. The Kier molecular flexibility index (Phi) is 2.44. The van der Waals surface area contributed by atoms with E-state index in [1.807, 2.05) is 0 Å². The van der Waals surface area contributed by atoms with Gasteiger partial charge in [0.25, 0.3) is 0 Å². The highest BCUT2D eigenvalue weighted by Crippen LogP contribution is 2.44. The van der Waals surface area contributed by atoms with Crippen LogP contribution in [0.15, 0.2) is 30.3 Å². The maximum absolute atomic E-state index is 9.63. The summed E-state index contributed by atoms with van der Waals surface area (Å²) in [6.45, 7) is 0. The fourth-order valence-electron chi connectivity index (χ4n) is 1.60. The van der Waals surface area contributed by atoms with Crippen molar-refractivity contribution in [3.63, 3.8) is 0 Å².